The van der Waals surface area contributed by atoms with E-state index in [1.807, 2.05) is 38.1 Å². The average molecular weight is 496 g/mol. The van der Waals surface area contributed by atoms with E-state index in [0.29, 0.717) is 29.9 Å². The van der Waals surface area contributed by atoms with Crippen molar-refractivity contribution in [3.63, 3.8) is 0 Å². The highest BCUT2D eigenvalue weighted by atomic mass is 16.6. The number of nitrogens with zero attached hydrogens (tertiary/aromatic N) is 1. The smallest absolute Gasteiger partial charge is 0.343 e. The zero-order chi connectivity index (χ0) is 25.9. The van der Waals surface area contributed by atoms with Crippen molar-refractivity contribution in [1.29, 1.82) is 0 Å². The summed E-state index contributed by atoms with van der Waals surface area (Å²) in [6, 6.07) is 5.36. The van der Waals surface area contributed by atoms with E-state index in [0.717, 1.165) is 24.9 Å². The number of epoxide rings is 1. The number of aliphatic hydroxyl groups is 2. The molecule has 36 heavy (non-hydrogen) atoms. The van der Waals surface area contributed by atoms with E-state index in [-0.39, 0.29) is 35.2 Å². The second-order valence-electron chi connectivity index (χ2n) is 11.7. The Hall–Kier alpha value is -2.61. The third-order valence-corrected chi connectivity index (χ3v) is 9.34. The van der Waals surface area contributed by atoms with Gasteiger partial charge in [-0.1, -0.05) is 26.0 Å². The summed E-state index contributed by atoms with van der Waals surface area (Å²) in [5, 5.41) is 31.4. The molecule has 0 aromatic heterocycles. The number of allylic oxidation sites excluding steroid dienone is 1. The molecule has 2 saturated carbocycles. The second-order valence-corrected chi connectivity index (χ2v) is 11.7. The van der Waals surface area contributed by atoms with Gasteiger partial charge in [0.2, 0.25) is 0 Å². The minimum Gasteiger partial charge on any atom is -0.507 e. The molecule has 2 aliphatic heterocycles. The second kappa shape index (κ2) is 8.75. The third kappa shape index (κ3) is 3.98. The number of phenols is 1. The van der Waals surface area contributed by atoms with Crippen molar-refractivity contribution >= 4 is 17.7 Å². The molecule has 3 fully saturated rings. The van der Waals surface area contributed by atoms with Crippen LogP contribution in [0.25, 0.3) is 6.08 Å². The zero-order valence-corrected chi connectivity index (χ0v) is 21.5. The van der Waals surface area contributed by atoms with E-state index >= 15 is 0 Å². The maximum Gasteiger partial charge on any atom is 0.343 e. The predicted octanol–water partition coefficient (Wildman–Crippen LogP) is 3.79. The standard InChI is InChI=1S/C29H37NO6/c1-27-11-10-25(33)28(2,16-31)23(27)9-12-29(17-35-29)24(27)8-6-19-14-21(36-26(19)34)13-18-5-7-20(30(3)4)15-22(18)32/h5-8,13-15,23-25,31-33H,9-12,16-17H2,1-4H3/b8-6+,21-13+/t23?,24?,25-,27+,28+,29?/m1/s1. The van der Waals surface area contributed by atoms with Gasteiger partial charge in [-0.3, -0.25) is 0 Å². The van der Waals surface area contributed by atoms with Crippen molar-refractivity contribution in [1.82, 2.24) is 0 Å². The Bertz CT molecular complexity index is 1150. The molecule has 6 atom stereocenters. The SMILES string of the molecule is CN(C)c1ccc(/C=C2C=C(/C=C/C3C4(CCC5[C@]3(C)CC[C@@H](O)[C@@]5(C)CO)CO4)C(=O)O\2)c(O)c1. The van der Waals surface area contributed by atoms with Crippen molar-refractivity contribution in [3.05, 3.63) is 53.3 Å². The van der Waals surface area contributed by atoms with Crippen molar-refractivity contribution < 1.29 is 29.6 Å². The summed E-state index contributed by atoms with van der Waals surface area (Å²) in [6.07, 6.45) is 10.0. The zero-order valence-electron chi connectivity index (χ0n) is 21.5. The van der Waals surface area contributed by atoms with Gasteiger partial charge in [-0.2, -0.15) is 0 Å². The number of benzene rings is 1. The first-order valence-corrected chi connectivity index (χ1v) is 12.8. The van der Waals surface area contributed by atoms with Crippen molar-refractivity contribution in [2.45, 2.75) is 51.2 Å². The number of aromatic hydroxyl groups is 1. The summed E-state index contributed by atoms with van der Waals surface area (Å²) in [5.41, 5.74) is 0.947. The van der Waals surface area contributed by atoms with Crippen LogP contribution in [0.3, 0.4) is 0 Å². The number of fused-ring (bicyclic) bond motifs is 1. The monoisotopic (exact) mass is 495 g/mol. The van der Waals surface area contributed by atoms with E-state index in [4.69, 9.17) is 9.47 Å². The molecule has 194 valence electrons. The van der Waals surface area contributed by atoms with Gasteiger partial charge in [-0.15, -0.1) is 0 Å². The first kappa shape index (κ1) is 25.1. The van der Waals surface area contributed by atoms with Crippen molar-refractivity contribution in [2.24, 2.45) is 22.7 Å². The van der Waals surface area contributed by atoms with Crippen LogP contribution in [-0.4, -0.2) is 60.3 Å². The molecule has 2 aliphatic carbocycles. The summed E-state index contributed by atoms with van der Waals surface area (Å²) in [7, 11) is 3.80. The number of phenolic OH excluding ortho intramolecular Hbond substituents is 1. The van der Waals surface area contributed by atoms with Gasteiger partial charge in [0, 0.05) is 42.7 Å². The molecular weight excluding hydrogens is 458 g/mol. The molecule has 0 bridgehead atoms. The van der Waals surface area contributed by atoms with E-state index in [9.17, 15) is 20.1 Å². The molecule has 3 unspecified atom stereocenters. The normalized spacial score (nSPS) is 38.8. The summed E-state index contributed by atoms with van der Waals surface area (Å²) in [4.78, 5) is 14.6. The number of anilines is 1. The summed E-state index contributed by atoms with van der Waals surface area (Å²) in [5.74, 6) is 0.279. The highest BCUT2D eigenvalue weighted by molar-refractivity contribution is 5.96. The number of carbonyl (C=O) groups is 1. The molecule has 1 spiro atoms. The first-order chi connectivity index (χ1) is 17.0. The van der Waals surface area contributed by atoms with Gasteiger partial charge in [0.05, 0.1) is 30.5 Å². The van der Waals surface area contributed by atoms with Gasteiger partial charge in [0.25, 0.3) is 0 Å². The molecule has 3 N–H and O–H groups in total. The number of esters is 1. The molecule has 1 aromatic carbocycles. The molecule has 7 heteroatoms. The lowest BCUT2D eigenvalue weighted by atomic mass is 9.45. The Morgan fingerprint density at radius 1 is 1.19 bits per heavy atom. The predicted molar refractivity (Wildman–Crippen MR) is 137 cm³/mol. The van der Waals surface area contributed by atoms with Gasteiger partial charge in [0.1, 0.15) is 11.5 Å². The Kier molecular flexibility index (Phi) is 6.09. The minimum atomic E-state index is -0.554. The van der Waals surface area contributed by atoms with Crippen molar-refractivity contribution in [3.8, 4) is 5.75 Å². The van der Waals surface area contributed by atoms with Gasteiger partial charge in [0.15, 0.2) is 0 Å². The number of cyclic esters (lactones) is 1. The van der Waals surface area contributed by atoms with Crippen LogP contribution in [-0.2, 0) is 14.3 Å². The Balaban J connectivity index is 1.42. The fourth-order valence-corrected chi connectivity index (χ4v) is 7.02. The van der Waals surface area contributed by atoms with E-state index in [1.54, 1.807) is 24.3 Å². The van der Waals surface area contributed by atoms with Gasteiger partial charge < -0.3 is 29.7 Å². The first-order valence-electron chi connectivity index (χ1n) is 12.8. The molecular formula is C29H37NO6. The Labute approximate surface area is 212 Å². The van der Waals surface area contributed by atoms with Crippen LogP contribution in [0.2, 0.25) is 0 Å². The minimum absolute atomic E-state index is 0.0489. The fourth-order valence-electron chi connectivity index (χ4n) is 7.02. The van der Waals surface area contributed by atoms with E-state index in [2.05, 4.69) is 13.0 Å². The lowest BCUT2D eigenvalue weighted by Crippen LogP contribution is -2.60. The highest BCUT2D eigenvalue weighted by Gasteiger charge is 2.66. The summed E-state index contributed by atoms with van der Waals surface area (Å²) >= 11 is 0. The lowest BCUT2D eigenvalue weighted by Gasteiger charge is -2.60. The third-order valence-electron chi connectivity index (χ3n) is 9.34. The quantitative estimate of drug-likeness (QED) is 0.422. The molecule has 1 aromatic rings. The summed E-state index contributed by atoms with van der Waals surface area (Å²) in [6.45, 7) is 4.90. The molecule has 1 saturated heterocycles. The van der Waals surface area contributed by atoms with E-state index < -0.39 is 17.5 Å². The number of ether oxygens (including phenoxy) is 2. The maximum absolute atomic E-state index is 12.7. The number of carbonyl (C=O) groups excluding carboxylic acids is 1. The molecule has 2 heterocycles. The number of hydrogen-bond donors (Lipinski definition) is 3. The van der Waals surface area contributed by atoms with Gasteiger partial charge in [-0.25, -0.2) is 4.79 Å². The van der Waals surface area contributed by atoms with Crippen LogP contribution in [0.1, 0.15) is 45.1 Å². The van der Waals surface area contributed by atoms with Crippen LogP contribution in [0.4, 0.5) is 5.69 Å². The van der Waals surface area contributed by atoms with Crippen LogP contribution in [0, 0.1) is 22.7 Å². The molecule has 4 aliphatic rings. The highest BCUT2D eigenvalue weighted by Crippen LogP contribution is 2.65. The lowest BCUT2D eigenvalue weighted by molar-refractivity contribution is -0.167. The van der Waals surface area contributed by atoms with Crippen LogP contribution >= 0.6 is 0 Å². The average Bonchev–Trinajstić information content (AvgIpc) is 3.52. The molecule has 0 radical (unpaired) electrons. The maximum atomic E-state index is 12.7. The fraction of sp³-hybridized carbons (Fsp3) is 0.552. The van der Waals surface area contributed by atoms with E-state index in [1.165, 1.54) is 0 Å². The van der Waals surface area contributed by atoms with Crippen molar-refractivity contribution in [2.75, 3.05) is 32.2 Å². The van der Waals surface area contributed by atoms with Gasteiger partial charge >= 0.3 is 5.97 Å². The Morgan fingerprint density at radius 2 is 1.94 bits per heavy atom. The topological polar surface area (TPSA) is 103 Å². The Morgan fingerprint density at radius 3 is 2.58 bits per heavy atom. The van der Waals surface area contributed by atoms with Crippen LogP contribution in [0.5, 0.6) is 5.75 Å². The molecule has 7 nitrogen and oxygen atoms in total. The molecule has 5 rings (SSSR count). The summed E-state index contributed by atoms with van der Waals surface area (Å²) < 4.78 is 11.5. The largest absolute Gasteiger partial charge is 0.507 e. The van der Waals surface area contributed by atoms with Gasteiger partial charge in [-0.05, 0) is 61.3 Å². The van der Waals surface area contributed by atoms with Crippen LogP contribution < -0.4 is 4.90 Å². The number of aliphatic hydroxyl groups excluding tert-OH is 2. The number of rotatable bonds is 5. The van der Waals surface area contributed by atoms with Crippen LogP contribution in [0.15, 0.2) is 47.8 Å². The number of hydrogen-bond acceptors (Lipinski definition) is 7. The molecule has 0 amide bonds.